The molecule has 272 valence electrons. The number of anilines is 9. The van der Waals surface area contributed by atoms with Gasteiger partial charge in [-0.2, -0.15) is 0 Å². The summed E-state index contributed by atoms with van der Waals surface area (Å²) in [5.41, 5.74) is 16.9. The number of fused-ring (bicyclic) bond motifs is 4. The van der Waals surface area contributed by atoms with E-state index in [0.29, 0.717) is 5.82 Å². The molecule has 0 saturated carbocycles. The molecule has 0 atom stereocenters. The van der Waals surface area contributed by atoms with Crippen LogP contribution in [0.1, 0.15) is 0 Å². The van der Waals surface area contributed by atoms with E-state index in [1.165, 1.54) is 22.0 Å². The number of nitrogens with zero attached hydrogens (tertiary/aromatic N) is 5. The van der Waals surface area contributed by atoms with Crippen LogP contribution in [0.2, 0.25) is 0 Å². The third-order valence-electron chi connectivity index (χ3n) is 11.3. The van der Waals surface area contributed by atoms with Gasteiger partial charge in [0.25, 0.3) is 6.71 Å². The summed E-state index contributed by atoms with van der Waals surface area (Å²) in [4.78, 5) is 17.0. The van der Waals surface area contributed by atoms with E-state index in [-0.39, 0.29) is 6.71 Å². The van der Waals surface area contributed by atoms with Crippen LogP contribution in [0, 0.1) is 0 Å². The molecule has 8 aromatic carbocycles. The van der Waals surface area contributed by atoms with Gasteiger partial charge in [0.15, 0.2) is 5.82 Å². The van der Waals surface area contributed by atoms with Crippen LogP contribution >= 0.6 is 0 Å². The van der Waals surface area contributed by atoms with Crippen LogP contribution < -0.4 is 31.1 Å². The van der Waals surface area contributed by atoms with E-state index in [4.69, 9.17) is 9.97 Å². The molecule has 0 unspecified atom stereocenters. The molecule has 58 heavy (non-hydrogen) atoms. The minimum Gasteiger partial charge on any atom is -0.311 e. The average Bonchev–Trinajstić information content (AvgIpc) is 3.30. The summed E-state index contributed by atoms with van der Waals surface area (Å²) >= 11 is 0. The molecular weight excluding hydrogens is 705 g/mol. The number of rotatable bonds is 7. The van der Waals surface area contributed by atoms with E-state index < -0.39 is 0 Å². The Morgan fingerprint density at radius 2 is 0.862 bits per heavy atom. The van der Waals surface area contributed by atoms with Gasteiger partial charge in [0, 0.05) is 51.1 Å². The van der Waals surface area contributed by atoms with Crippen molar-refractivity contribution >= 4 is 74.3 Å². The third kappa shape index (κ3) is 5.65. The lowest BCUT2D eigenvalue weighted by Gasteiger charge is -2.44. The van der Waals surface area contributed by atoms with Crippen molar-refractivity contribution < 1.29 is 0 Å². The molecule has 0 radical (unpaired) electrons. The smallest absolute Gasteiger partial charge is 0.252 e. The normalized spacial score (nSPS) is 12.4. The summed E-state index contributed by atoms with van der Waals surface area (Å²) in [5, 5.41) is 0. The van der Waals surface area contributed by atoms with Crippen LogP contribution in [-0.2, 0) is 0 Å². The largest absolute Gasteiger partial charge is 0.311 e. The predicted octanol–water partition coefficient (Wildman–Crippen LogP) is 11.4. The highest BCUT2D eigenvalue weighted by Gasteiger charge is 2.43. The van der Waals surface area contributed by atoms with Gasteiger partial charge in [-0.05, 0) is 94.2 Å². The molecule has 0 bridgehead atoms. The summed E-state index contributed by atoms with van der Waals surface area (Å²) in [6.07, 6.45) is 3.93. The first-order chi connectivity index (χ1) is 28.8. The van der Waals surface area contributed by atoms with Gasteiger partial charge in [0.05, 0.1) is 18.1 Å². The SMILES string of the molecule is c1ccc(-c2ccc3c(c2)N(c2cnc(-c4ccccc4)nc2)c2cccc4c2B3c2ccc(N(c3ccccc3)c3ccccc3)cc2N4c2ccccc2)cc1. The van der Waals surface area contributed by atoms with E-state index in [0.717, 1.165) is 62.3 Å². The highest BCUT2D eigenvalue weighted by Crippen LogP contribution is 2.46. The van der Waals surface area contributed by atoms with Crippen molar-refractivity contribution in [1.29, 1.82) is 0 Å². The van der Waals surface area contributed by atoms with Crippen LogP contribution in [-0.4, -0.2) is 16.7 Å². The maximum Gasteiger partial charge on any atom is 0.252 e. The molecule has 0 spiro atoms. The molecule has 0 saturated heterocycles. The highest BCUT2D eigenvalue weighted by atomic mass is 15.2. The molecule has 3 heterocycles. The fourth-order valence-electron chi connectivity index (χ4n) is 8.77. The number of hydrogen-bond acceptors (Lipinski definition) is 5. The molecule has 0 N–H and O–H groups in total. The standard InChI is InChI=1S/C52H36BN5/c1-6-17-37(18-7-1)39-29-31-45-49(33-39)58(44-35-54-52(55-36-44)38-19-8-2-9-20-38)48-28-16-27-47-51(48)53(45)46-32-30-43(34-50(46)57(47)42-25-14-5-15-26-42)56(40-21-10-3-11-22-40)41-23-12-4-13-24-41/h1-36H. The van der Waals surface area contributed by atoms with E-state index in [2.05, 4.69) is 203 Å². The van der Waals surface area contributed by atoms with Gasteiger partial charge in [-0.25, -0.2) is 9.97 Å². The van der Waals surface area contributed by atoms with Crippen LogP contribution in [0.25, 0.3) is 22.5 Å². The molecule has 11 rings (SSSR count). The average molecular weight is 742 g/mol. The lowest BCUT2D eigenvalue weighted by atomic mass is 9.33. The van der Waals surface area contributed by atoms with Gasteiger partial charge < -0.3 is 14.7 Å². The number of aromatic nitrogens is 2. The third-order valence-corrected chi connectivity index (χ3v) is 11.3. The maximum absolute atomic E-state index is 4.93. The van der Waals surface area contributed by atoms with Crippen molar-refractivity contribution in [3.8, 4) is 22.5 Å². The summed E-state index contributed by atoms with van der Waals surface area (Å²) in [5.74, 6) is 0.701. The number of benzene rings is 8. The van der Waals surface area contributed by atoms with Gasteiger partial charge in [-0.15, -0.1) is 0 Å². The molecule has 0 amide bonds. The van der Waals surface area contributed by atoms with Crippen molar-refractivity contribution in [2.75, 3.05) is 14.7 Å². The summed E-state index contributed by atoms with van der Waals surface area (Å²) < 4.78 is 0. The Morgan fingerprint density at radius 1 is 0.362 bits per heavy atom. The van der Waals surface area contributed by atoms with Crippen molar-refractivity contribution in [2.24, 2.45) is 0 Å². The molecule has 0 fully saturated rings. The maximum atomic E-state index is 4.93. The monoisotopic (exact) mass is 741 g/mol. The molecule has 9 aromatic rings. The fraction of sp³-hybridized carbons (Fsp3) is 0. The van der Waals surface area contributed by atoms with E-state index in [1.54, 1.807) is 0 Å². The summed E-state index contributed by atoms with van der Waals surface area (Å²) in [7, 11) is 0. The van der Waals surface area contributed by atoms with Gasteiger partial charge in [0.2, 0.25) is 0 Å². The molecule has 0 aliphatic carbocycles. The lowest BCUT2D eigenvalue weighted by molar-refractivity contribution is 1.14. The predicted molar refractivity (Wildman–Crippen MR) is 242 cm³/mol. The minimum atomic E-state index is -0.0299. The lowest BCUT2D eigenvalue weighted by Crippen LogP contribution is -2.61. The Labute approximate surface area is 338 Å². The van der Waals surface area contributed by atoms with Gasteiger partial charge in [0.1, 0.15) is 0 Å². The van der Waals surface area contributed by atoms with Crippen molar-refractivity contribution in [3.05, 3.63) is 219 Å². The second-order valence-electron chi connectivity index (χ2n) is 14.7. The number of hydrogen-bond donors (Lipinski definition) is 0. The number of para-hydroxylation sites is 3. The van der Waals surface area contributed by atoms with E-state index >= 15 is 0 Å². The first kappa shape index (κ1) is 33.6. The Bertz CT molecular complexity index is 2850. The van der Waals surface area contributed by atoms with E-state index in [9.17, 15) is 0 Å². The first-order valence-corrected chi connectivity index (χ1v) is 19.7. The Morgan fingerprint density at radius 3 is 1.47 bits per heavy atom. The Kier molecular flexibility index (Phi) is 8.18. The summed E-state index contributed by atoms with van der Waals surface area (Å²) in [6, 6.07) is 73.5. The molecule has 5 nitrogen and oxygen atoms in total. The quantitative estimate of drug-likeness (QED) is 0.152. The molecule has 2 aliphatic rings. The Balaban J connectivity index is 1.15. The topological polar surface area (TPSA) is 35.5 Å². The van der Waals surface area contributed by atoms with Crippen LogP contribution in [0.5, 0.6) is 0 Å². The van der Waals surface area contributed by atoms with Gasteiger partial charge in [-0.1, -0.05) is 140 Å². The molecule has 6 heteroatoms. The molecule has 1 aromatic heterocycles. The van der Waals surface area contributed by atoms with Crippen LogP contribution in [0.4, 0.5) is 51.2 Å². The second kappa shape index (κ2) is 14.1. The Hall–Kier alpha value is -7.70. The van der Waals surface area contributed by atoms with Crippen molar-refractivity contribution in [3.63, 3.8) is 0 Å². The van der Waals surface area contributed by atoms with Crippen LogP contribution in [0.3, 0.4) is 0 Å². The zero-order valence-corrected chi connectivity index (χ0v) is 31.6. The van der Waals surface area contributed by atoms with Crippen molar-refractivity contribution in [1.82, 2.24) is 9.97 Å². The fourth-order valence-corrected chi connectivity index (χ4v) is 8.77. The zero-order valence-electron chi connectivity index (χ0n) is 31.6. The first-order valence-electron chi connectivity index (χ1n) is 19.7. The second-order valence-corrected chi connectivity index (χ2v) is 14.7. The summed E-state index contributed by atoms with van der Waals surface area (Å²) in [6.45, 7) is -0.0299. The molecular formula is C52H36BN5. The van der Waals surface area contributed by atoms with E-state index in [1.807, 2.05) is 30.6 Å². The highest BCUT2D eigenvalue weighted by molar-refractivity contribution is 7.00. The van der Waals surface area contributed by atoms with Gasteiger partial charge in [-0.3, -0.25) is 0 Å². The van der Waals surface area contributed by atoms with Crippen LogP contribution in [0.15, 0.2) is 219 Å². The van der Waals surface area contributed by atoms with Gasteiger partial charge >= 0.3 is 0 Å². The van der Waals surface area contributed by atoms with Crippen molar-refractivity contribution in [2.45, 2.75) is 0 Å². The minimum absolute atomic E-state index is 0.0299. The molecule has 2 aliphatic heterocycles. The zero-order chi connectivity index (χ0) is 38.4.